The quantitative estimate of drug-likeness (QED) is 0.918. The highest BCUT2D eigenvalue weighted by Crippen LogP contribution is 2.30. The molecule has 0 bridgehead atoms. The van der Waals surface area contributed by atoms with Gasteiger partial charge in [0.2, 0.25) is 0 Å². The van der Waals surface area contributed by atoms with Gasteiger partial charge in [-0.2, -0.15) is 0 Å². The smallest absolute Gasteiger partial charge is 0.352 e. The molecule has 3 heterocycles. The number of hydrogen-bond acceptors (Lipinski definition) is 3. The highest BCUT2D eigenvalue weighted by Gasteiger charge is 2.22. The average molecular weight is 281 g/mol. The van der Waals surface area contributed by atoms with Gasteiger partial charge in [0.05, 0.1) is 11.2 Å². The number of fused-ring (bicyclic) bond motifs is 1. The Hall–Kier alpha value is -1.59. The molecule has 1 saturated heterocycles. The van der Waals surface area contributed by atoms with E-state index in [-0.39, 0.29) is 5.69 Å². The van der Waals surface area contributed by atoms with Crippen molar-refractivity contribution in [3.8, 4) is 0 Å². The van der Waals surface area contributed by atoms with Gasteiger partial charge in [0.15, 0.2) is 0 Å². The summed E-state index contributed by atoms with van der Waals surface area (Å²) in [6, 6.07) is 3.21. The Morgan fingerprint density at radius 3 is 2.84 bits per heavy atom. The number of halogens is 1. The number of imidazole rings is 1. The molecule has 0 spiro atoms. The molecule has 2 aromatic heterocycles. The number of carboxylic acids is 1. The van der Waals surface area contributed by atoms with Crippen LogP contribution in [0.3, 0.4) is 0 Å². The molecule has 1 aliphatic rings. The summed E-state index contributed by atoms with van der Waals surface area (Å²) in [6.07, 6.45) is 3.36. The van der Waals surface area contributed by atoms with Crippen LogP contribution < -0.4 is 0 Å². The van der Waals surface area contributed by atoms with Gasteiger partial charge < -0.3 is 9.84 Å². The molecule has 1 N–H and O–H groups in total. The number of pyridine rings is 1. The summed E-state index contributed by atoms with van der Waals surface area (Å²) >= 11 is 6.01. The number of aromatic carboxylic acids is 1. The summed E-state index contributed by atoms with van der Waals surface area (Å²) in [4.78, 5) is 15.6. The van der Waals surface area contributed by atoms with Gasteiger partial charge in [0, 0.05) is 24.2 Å². The van der Waals surface area contributed by atoms with Crippen molar-refractivity contribution in [2.45, 2.75) is 18.8 Å². The van der Waals surface area contributed by atoms with Crippen LogP contribution in [0, 0.1) is 0 Å². The number of nitrogens with zero attached hydrogens (tertiary/aromatic N) is 2. The SMILES string of the molecule is O=C(O)c1cc(Cl)cc2c(C3CCOCC3)ncn12. The van der Waals surface area contributed by atoms with E-state index in [2.05, 4.69) is 4.98 Å². The summed E-state index contributed by atoms with van der Waals surface area (Å²) < 4.78 is 6.92. The minimum atomic E-state index is -1.01. The predicted molar refractivity (Wildman–Crippen MR) is 70.0 cm³/mol. The van der Waals surface area contributed by atoms with Crippen LogP contribution in [0.1, 0.15) is 34.9 Å². The second-order valence-electron chi connectivity index (χ2n) is 4.64. The van der Waals surface area contributed by atoms with Gasteiger partial charge in [-0.15, -0.1) is 0 Å². The Labute approximate surface area is 114 Å². The molecule has 0 aliphatic carbocycles. The van der Waals surface area contributed by atoms with Crippen molar-refractivity contribution in [3.63, 3.8) is 0 Å². The van der Waals surface area contributed by atoms with Gasteiger partial charge in [0.1, 0.15) is 12.0 Å². The predicted octanol–water partition coefficient (Wildman–Crippen LogP) is 2.58. The molecule has 0 unspecified atom stereocenters. The molecule has 5 nitrogen and oxygen atoms in total. The lowest BCUT2D eigenvalue weighted by Crippen LogP contribution is -2.14. The van der Waals surface area contributed by atoms with Crippen LogP contribution in [-0.4, -0.2) is 33.7 Å². The van der Waals surface area contributed by atoms with Crippen LogP contribution in [0.4, 0.5) is 0 Å². The fraction of sp³-hybridized carbons (Fsp3) is 0.385. The average Bonchev–Trinajstić information content (AvgIpc) is 2.82. The lowest BCUT2D eigenvalue weighted by Gasteiger charge is -2.20. The zero-order valence-corrected chi connectivity index (χ0v) is 10.9. The molecule has 6 heteroatoms. The Morgan fingerprint density at radius 1 is 1.42 bits per heavy atom. The first-order valence-corrected chi connectivity index (χ1v) is 6.52. The molecule has 0 amide bonds. The maximum atomic E-state index is 11.2. The largest absolute Gasteiger partial charge is 0.477 e. The van der Waals surface area contributed by atoms with Crippen molar-refractivity contribution in [2.75, 3.05) is 13.2 Å². The minimum absolute atomic E-state index is 0.133. The third kappa shape index (κ3) is 2.19. The molecule has 0 saturated carbocycles. The topological polar surface area (TPSA) is 63.8 Å². The highest BCUT2D eigenvalue weighted by atomic mass is 35.5. The molecular formula is C13H13ClN2O3. The molecule has 0 atom stereocenters. The van der Waals surface area contributed by atoms with Crippen molar-refractivity contribution in [1.29, 1.82) is 0 Å². The van der Waals surface area contributed by atoms with Crippen molar-refractivity contribution < 1.29 is 14.6 Å². The van der Waals surface area contributed by atoms with Crippen molar-refractivity contribution >= 4 is 23.1 Å². The number of ether oxygens (including phenoxy) is 1. The molecule has 100 valence electrons. The summed E-state index contributed by atoms with van der Waals surface area (Å²) in [5.41, 5.74) is 1.82. The molecule has 2 aromatic rings. The van der Waals surface area contributed by atoms with E-state index in [0.29, 0.717) is 10.9 Å². The van der Waals surface area contributed by atoms with Crippen LogP contribution in [-0.2, 0) is 4.74 Å². The number of carbonyl (C=O) groups is 1. The maximum Gasteiger partial charge on any atom is 0.352 e. The zero-order valence-electron chi connectivity index (χ0n) is 10.2. The number of hydrogen-bond donors (Lipinski definition) is 1. The van der Waals surface area contributed by atoms with Gasteiger partial charge in [-0.1, -0.05) is 11.6 Å². The first-order chi connectivity index (χ1) is 9.16. The Kier molecular flexibility index (Phi) is 3.16. The monoisotopic (exact) mass is 280 g/mol. The second kappa shape index (κ2) is 4.83. The van der Waals surface area contributed by atoms with Gasteiger partial charge in [-0.05, 0) is 25.0 Å². The van der Waals surface area contributed by atoms with Gasteiger partial charge in [-0.3, -0.25) is 4.40 Å². The van der Waals surface area contributed by atoms with E-state index in [9.17, 15) is 9.90 Å². The molecule has 3 rings (SSSR count). The fourth-order valence-corrected chi connectivity index (χ4v) is 2.74. The molecule has 1 aliphatic heterocycles. The van der Waals surface area contributed by atoms with Gasteiger partial charge in [-0.25, -0.2) is 9.78 Å². The van der Waals surface area contributed by atoms with Crippen molar-refractivity contribution in [3.05, 3.63) is 34.9 Å². The Balaban J connectivity index is 2.14. The van der Waals surface area contributed by atoms with Crippen LogP contribution in [0.5, 0.6) is 0 Å². The Morgan fingerprint density at radius 2 is 2.16 bits per heavy atom. The normalized spacial score (nSPS) is 16.9. The molecule has 1 fully saturated rings. The third-order valence-electron chi connectivity index (χ3n) is 3.47. The van der Waals surface area contributed by atoms with Gasteiger partial charge >= 0.3 is 5.97 Å². The lowest BCUT2D eigenvalue weighted by atomic mass is 9.96. The third-order valence-corrected chi connectivity index (χ3v) is 3.69. The fourth-order valence-electron chi connectivity index (χ4n) is 2.53. The maximum absolute atomic E-state index is 11.2. The summed E-state index contributed by atoms with van der Waals surface area (Å²) in [5, 5.41) is 9.62. The summed E-state index contributed by atoms with van der Waals surface area (Å²) in [7, 11) is 0. The number of carboxylic acid groups (broad SMARTS) is 1. The van der Waals surface area contributed by atoms with E-state index in [0.717, 1.165) is 37.3 Å². The second-order valence-corrected chi connectivity index (χ2v) is 5.07. The van der Waals surface area contributed by atoms with Crippen LogP contribution >= 0.6 is 11.6 Å². The van der Waals surface area contributed by atoms with Crippen LogP contribution in [0.25, 0.3) is 5.52 Å². The number of rotatable bonds is 2. The lowest BCUT2D eigenvalue weighted by molar-refractivity contribution is 0.0688. The standard InChI is InChI=1S/C13H13ClN2O3/c14-9-5-10-12(8-1-3-19-4-2-8)15-7-16(10)11(6-9)13(17)18/h5-8H,1-4H2,(H,17,18). The molecule has 19 heavy (non-hydrogen) atoms. The first kappa shape index (κ1) is 12.4. The van der Waals surface area contributed by atoms with E-state index in [4.69, 9.17) is 16.3 Å². The van der Waals surface area contributed by atoms with Crippen molar-refractivity contribution in [2.24, 2.45) is 0 Å². The zero-order chi connectivity index (χ0) is 13.4. The molecular weight excluding hydrogens is 268 g/mol. The number of aromatic nitrogens is 2. The van der Waals surface area contributed by atoms with E-state index in [1.165, 1.54) is 6.07 Å². The summed E-state index contributed by atoms with van der Waals surface area (Å²) in [6.45, 7) is 1.44. The first-order valence-electron chi connectivity index (χ1n) is 6.14. The van der Waals surface area contributed by atoms with E-state index < -0.39 is 5.97 Å². The van der Waals surface area contributed by atoms with Crippen LogP contribution in [0.2, 0.25) is 5.02 Å². The molecule has 0 radical (unpaired) electrons. The van der Waals surface area contributed by atoms with E-state index in [1.807, 2.05) is 0 Å². The van der Waals surface area contributed by atoms with Gasteiger partial charge in [0.25, 0.3) is 0 Å². The molecule has 0 aromatic carbocycles. The van der Waals surface area contributed by atoms with E-state index >= 15 is 0 Å². The summed E-state index contributed by atoms with van der Waals surface area (Å²) in [5.74, 6) is -0.706. The van der Waals surface area contributed by atoms with E-state index in [1.54, 1.807) is 16.8 Å². The highest BCUT2D eigenvalue weighted by molar-refractivity contribution is 6.31. The minimum Gasteiger partial charge on any atom is -0.477 e. The Bertz CT molecular complexity index is 632. The van der Waals surface area contributed by atoms with Crippen LogP contribution in [0.15, 0.2) is 18.5 Å². The van der Waals surface area contributed by atoms with Crippen molar-refractivity contribution in [1.82, 2.24) is 9.38 Å².